The minimum Gasteiger partial charge on any atom is -0.368 e. The second-order valence-corrected chi connectivity index (χ2v) is 12.7. The molecule has 2 atom stereocenters. The molecule has 2 aliphatic heterocycles. The number of halogens is 1. The van der Waals surface area contributed by atoms with Crippen LogP contribution < -0.4 is 10.2 Å². The lowest BCUT2D eigenvalue weighted by Gasteiger charge is -2.42. The summed E-state index contributed by atoms with van der Waals surface area (Å²) in [5, 5.41) is 3.01. The smallest absolute Gasteiger partial charge is 0.241 e. The van der Waals surface area contributed by atoms with Gasteiger partial charge in [0.05, 0.1) is 10.9 Å². The summed E-state index contributed by atoms with van der Waals surface area (Å²) in [7, 11) is -3.66. The van der Waals surface area contributed by atoms with Crippen LogP contribution in [0.3, 0.4) is 0 Å². The number of aryl methyl sites for hydroxylation is 2. The minimum absolute atomic E-state index is 0.0444. The summed E-state index contributed by atoms with van der Waals surface area (Å²) in [5.41, 5.74) is 3.70. The summed E-state index contributed by atoms with van der Waals surface area (Å²) in [5.74, 6) is -0.105. The van der Waals surface area contributed by atoms with E-state index in [1.807, 2.05) is 23.6 Å². The highest BCUT2D eigenvalue weighted by Crippen LogP contribution is 2.28. The van der Waals surface area contributed by atoms with Crippen molar-refractivity contribution in [1.82, 2.24) is 15.1 Å². The number of carbonyl (C=O) groups excluding carboxylic acids is 1. The van der Waals surface area contributed by atoms with Crippen LogP contribution in [0.4, 0.5) is 5.69 Å². The normalized spacial score (nSPS) is 20.6. The predicted molar refractivity (Wildman–Crippen MR) is 145 cm³/mol. The van der Waals surface area contributed by atoms with Gasteiger partial charge >= 0.3 is 0 Å². The topological polar surface area (TPSA) is 73.0 Å². The molecule has 2 aromatic carbocycles. The number of benzene rings is 2. The molecule has 196 valence electrons. The van der Waals surface area contributed by atoms with Crippen molar-refractivity contribution in [2.24, 2.45) is 5.92 Å². The molecule has 0 saturated carbocycles. The molecular weight excluding hydrogens is 496 g/mol. The largest absolute Gasteiger partial charge is 0.368 e. The van der Waals surface area contributed by atoms with Crippen LogP contribution in [-0.2, 0) is 14.6 Å². The third-order valence-corrected chi connectivity index (χ3v) is 9.80. The molecular formula is C27H37ClN4O3S. The fourth-order valence-corrected chi connectivity index (χ4v) is 7.77. The Balaban J connectivity index is 1.44. The summed E-state index contributed by atoms with van der Waals surface area (Å²) in [6.45, 7) is 12.4. The van der Waals surface area contributed by atoms with Gasteiger partial charge in [-0.15, -0.1) is 0 Å². The van der Waals surface area contributed by atoms with Crippen LogP contribution in [0.15, 0.2) is 47.4 Å². The van der Waals surface area contributed by atoms with Crippen LogP contribution in [0, 0.1) is 19.8 Å². The first-order chi connectivity index (χ1) is 17.1. The van der Waals surface area contributed by atoms with Crippen molar-refractivity contribution in [3.8, 4) is 0 Å². The summed E-state index contributed by atoms with van der Waals surface area (Å²) >= 11 is 6.10. The van der Waals surface area contributed by atoms with Gasteiger partial charge < -0.3 is 15.1 Å². The van der Waals surface area contributed by atoms with E-state index in [-0.39, 0.29) is 16.7 Å². The molecule has 7 nitrogen and oxygen atoms in total. The molecule has 0 bridgehead atoms. The zero-order valence-corrected chi connectivity index (χ0v) is 23.1. The van der Waals surface area contributed by atoms with Gasteiger partial charge in [0.15, 0.2) is 9.84 Å². The van der Waals surface area contributed by atoms with E-state index in [0.717, 1.165) is 13.1 Å². The number of hydrogen-bond acceptors (Lipinski definition) is 6. The molecule has 4 rings (SSSR count). The molecule has 2 unspecified atom stereocenters. The first kappa shape index (κ1) is 26.9. The number of piperazine rings is 2. The van der Waals surface area contributed by atoms with Gasteiger partial charge in [-0.3, -0.25) is 9.69 Å². The molecule has 2 saturated heterocycles. The van der Waals surface area contributed by atoms with Gasteiger partial charge in [0, 0.05) is 56.5 Å². The van der Waals surface area contributed by atoms with Crippen LogP contribution >= 0.6 is 11.6 Å². The number of anilines is 1. The lowest BCUT2D eigenvalue weighted by atomic mass is 10.1. The Bertz CT molecular complexity index is 1200. The molecule has 9 heteroatoms. The lowest BCUT2D eigenvalue weighted by Crippen LogP contribution is -2.63. The Morgan fingerprint density at radius 2 is 1.75 bits per heavy atom. The van der Waals surface area contributed by atoms with Crippen LogP contribution in [0.5, 0.6) is 0 Å². The van der Waals surface area contributed by atoms with E-state index in [1.165, 1.54) is 22.9 Å². The number of amides is 1. The first-order valence-corrected chi connectivity index (χ1v) is 14.6. The van der Waals surface area contributed by atoms with E-state index >= 15 is 0 Å². The van der Waals surface area contributed by atoms with Gasteiger partial charge in [0.25, 0.3) is 0 Å². The van der Waals surface area contributed by atoms with Crippen LogP contribution in [0.1, 0.15) is 25.0 Å². The molecule has 0 aliphatic carbocycles. The summed E-state index contributed by atoms with van der Waals surface area (Å²) < 4.78 is 27.2. The van der Waals surface area contributed by atoms with Crippen molar-refractivity contribution in [2.45, 2.75) is 44.0 Å². The predicted octanol–water partition coefficient (Wildman–Crippen LogP) is 3.34. The van der Waals surface area contributed by atoms with Crippen LogP contribution in [0.25, 0.3) is 0 Å². The number of nitrogens with zero attached hydrogens (tertiary/aromatic N) is 3. The monoisotopic (exact) mass is 532 g/mol. The second kappa shape index (κ2) is 11.1. The van der Waals surface area contributed by atoms with E-state index in [2.05, 4.69) is 42.3 Å². The van der Waals surface area contributed by atoms with Crippen molar-refractivity contribution >= 4 is 33.0 Å². The highest BCUT2D eigenvalue weighted by molar-refractivity contribution is 7.92. The highest BCUT2D eigenvalue weighted by atomic mass is 35.5. The van der Waals surface area contributed by atoms with Crippen molar-refractivity contribution in [3.05, 3.63) is 58.6 Å². The molecule has 2 heterocycles. The molecule has 1 N–H and O–H groups in total. The maximum Gasteiger partial charge on any atom is 0.241 e. The van der Waals surface area contributed by atoms with E-state index in [4.69, 9.17) is 11.6 Å². The van der Waals surface area contributed by atoms with E-state index in [0.29, 0.717) is 37.7 Å². The minimum atomic E-state index is -3.66. The van der Waals surface area contributed by atoms with Crippen molar-refractivity contribution < 1.29 is 13.2 Å². The van der Waals surface area contributed by atoms with Crippen molar-refractivity contribution in [3.63, 3.8) is 0 Å². The maximum absolute atomic E-state index is 13.6. The number of nitrogens with one attached hydrogen (secondary N) is 1. The van der Waals surface area contributed by atoms with Crippen LogP contribution in [-0.4, -0.2) is 81.4 Å². The Morgan fingerprint density at radius 1 is 1.03 bits per heavy atom. The van der Waals surface area contributed by atoms with Gasteiger partial charge in [-0.2, -0.15) is 0 Å². The molecule has 1 amide bonds. The number of carbonyl (C=O) groups is 1. The number of rotatable bonds is 6. The maximum atomic E-state index is 13.6. The molecule has 2 fully saturated rings. The fraction of sp³-hybridized carbons (Fsp3) is 0.519. The van der Waals surface area contributed by atoms with Crippen LogP contribution in [0.2, 0.25) is 5.02 Å². The Kier molecular flexibility index (Phi) is 8.29. The standard InChI is InChI=1S/C27H37ClN4O3S/c1-19(2)27(36(34,35)23-7-5-6-22(28)17-23)32-11-10-29-24(18-32)26(33)31-14-12-30(13-15-31)25-16-20(3)8-9-21(25)4/h5-9,16-17,19,24,27,29H,10-15,18H2,1-4H3. The van der Waals surface area contributed by atoms with Crippen molar-refractivity contribution in [2.75, 3.05) is 50.7 Å². The third-order valence-electron chi connectivity index (χ3n) is 7.17. The summed E-state index contributed by atoms with van der Waals surface area (Å²) in [6.07, 6.45) is 0. The molecule has 2 aliphatic rings. The molecule has 0 radical (unpaired) electrons. The van der Waals surface area contributed by atoms with Gasteiger partial charge in [0.1, 0.15) is 5.37 Å². The quantitative estimate of drug-likeness (QED) is 0.615. The van der Waals surface area contributed by atoms with E-state index < -0.39 is 21.3 Å². The summed E-state index contributed by atoms with van der Waals surface area (Å²) in [6, 6.07) is 12.5. The second-order valence-electron chi connectivity index (χ2n) is 10.2. The Labute approximate surface area is 220 Å². The third kappa shape index (κ3) is 5.72. The number of sulfone groups is 1. The van der Waals surface area contributed by atoms with Gasteiger partial charge in [-0.05, 0) is 55.2 Å². The Morgan fingerprint density at radius 3 is 2.42 bits per heavy atom. The average Bonchev–Trinajstić information content (AvgIpc) is 2.85. The molecule has 0 aromatic heterocycles. The van der Waals surface area contributed by atoms with E-state index in [1.54, 1.807) is 18.2 Å². The average molecular weight is 533 g/mol. The Hall–Kier alpha value is -2.13. The van der Waals surface area contributed by atoms with E-state index in [9.17, 15) is 13.2 Å². The van der Waals surface area contributed by atoms with Gasteiger partial charge in [0.2, 0.25) is 5.91 Å². The molecule has 0 spiro atoms. The SMILES string of the molecule is Cc1ccc(C)c(N2CCN(C(=O)C3CN(C(C(C)C)S(=O)(=O)c4cccc(Cl)c4)CCN3)CC2)c1. The zero-order chi connectivity index (χ0) is 26.0. The molecule has 2 aromatic rings. The van der Waals surface area contributed by atoms with Crippen molar-refractivity contribution in [1.29, 1.82) is 0 Å². The van der Waals surface area contributed by atoms with Gasteiger partial charge in [-0.25, -0.2) is 8.42 Å². The highest BCUT2D eigenvalue weighted by Gasteiger charge is 2.40. The van der Waals surface area contributed by atoms with Gasteiger partial charge in [-0.1, -0.05) is 43.6 Å². The number of hydrogen-bond donors (Lipinski definition) is 1. The molecule has 36 heavy (non-hydrogen) atoms. The summed E-state index contributed by atoms with van der Waals surface area (Å²) in [4.78, 5) is 19.9. The fourth-order valence-electron chi connectivity index (χ4n) is 5.38. The lowest BCUT2D eigenvalue weighted by molar-refractivity contribution is -0.135. The zero-order valence-electron chi connectivity index (χ0n) is 21.6. The first-order valence-electron chi connectivity index (χ1n) is 12.7.